The fourth-order valence-electron chi connectivity index (χ4n) is 3.70. The fourth-order valence-corrected chi connectivity index (χ4v) is 4.46. The highest BCUT2D eigenvalue weighted by Crippen LogP contribution is 2.28. The average Bonchev–Trinajstić information content (AvgIpc) is 3.17. The van der Waals surface area contributed by atoms with Crippen molar-refractivity contribution < 1.29 is 9.84 Å². The van der Waals surface area contributed by atoms with E-state index in [-0.39, 0.29) is 0 Å². The summed E-state index contributed by atoms with van der Waals surface area (Å²) >= 11 is 0. The SMILES string of the molecule is C[Si](C)(C)CCOCn1nc(/C=C/c2ccccc2)c2ccc(C(O)c3ccccc3)cc21. The van der Waals surface area contributed by atoms with Gasteiger partial charge in [-0.15, -0.1) is 0 Å². The summed E-state index contributed by atoms with van der Waals surface area (Å²) in [6, 6.07) is 27.1. The summed E-state index contributed by atoms with van der Waals surface area (Å²) in [5.41, 5.74) is 4.70. The molecule has 4 aromatic rings. The zero-order valence-corrected chi connectivity index (χ0v) is 20.6. The van der Waals surface area contributed by atoms with Crippen molar-refractivity contribution in [2.24, 2.45) is 0 Å². The second-order valence-corrected chi connectivity index (χ2v) is 15.2. The predicted octanol–water partition coefficient (Wildman–Crippen LogP) is 6.60. The molecule has 1 N–H and O–H groups in total. The van der Waals surface area contributed by atoms with Crippen LogP contribution in [0.2, 0.25) is 25.7 Å². The Morgan fingerprint density at radius 3 is 2.30 bits per heavy atom. The number of ether oxygens (including phenoxy) is 1. The highest BCUT2D eigenvalue weighted by Gasteiger charge is 2.16. The lowest BCUT2D eigenvalue weighted by Crippen LogP contribution is -2.22. The van der Waals surface area contributed by atoms with Gasteiger partial charge >= 0.3 is 0 Å². The molecule has 0 saturated carbocycles. The molecule has 3 aromatic carbocycles. The first-order valence-corrected chi connectivity index (χ1v) is 15.2. The fraction of sp³-hybridized carbons (Fsp3) is 0.250. The molecule has 4 nitrogen and oxygen atoms in total. The molecule has 5 heteroatoms. The van der Waals surface area contributed by atoms with Gasteiger partial charge in [0.1, 0.15) is 12.8 Å². The van der Waals surface area contributed by atoms with E-state index < -0.39 is 14.2 Å². The van der Waals surface area contributed by atoms with Gasteiger partial charge in [0.15, 0.2) is 0 Å². The lowest BCUT2D eigenvalue weighted by atomic mass is 10.00. The molecule has 33 heavy (non-hydrogen) atoms. The molecule has 1 atom stereocenters. The van der Waals surface area contributed by atoms with Gasteiger partial charge in [0.25, 0.3) is 0 Å². The third-order valence-electron chi connectivity index (χ3n) is 5.68. The lowest BCUT2D eigenvalue weighted by Gasteiger charge is -2.15. The summed E-state index contributed by atoms with van der Waals surface area (Å²) < 4.78 is 7.92. The van der Waals surface area contributed by atoms with Gasteiger partial charge in [0.05, 0.1) is 11.2 Å². The Bertz CT molecular complexity index is 1210. The first kappa shape index (κ1) is 23.2. The van der Waals surface area contributed by atoms with Crippen molar-refractivity contribution in [3.8, 4) is 0 Å². The molecule has 4 rings (SSSR count). The van der Waals surface area contributed by atoms with E-state index in [4.69, 9.17) is 9.84 Å². The normalized spacial score (nSPS) is 13.1. The lowest BCUT2D eigenvalue weighted by molar-refractivity contribution is 0.0816. The molecular formula is C28H32N2O2Si. The van der Waals surface area contributed by atoms with Crippen LogP contribution in [0.5, 0.6) is 0 Å². The van der Waals surface area contributed by atoms with Crippen molar-refractivity contribution in [1.82, 2.24) is 9.78 Å². The summed E-state index contributed by atoms with van der Waals surface area (Å²) in [5.74, 6) is 0. The minimum atomic E-state index is -1.15. The molecule has 0 aliphatic carbocycles. The zero-order valence-electron chi connectivity index (χ0n) is 19.6. The quantitative estimate of drug-likeness (QED) is 0.228. The molecular weight excluding hydrogens is 424 g/mol. The van der Waals surface area contributed by atoms with Crippen LogP contribution in [0.15, 0.2) is 78.9 Å². The van der Waals surface area contributed by atoms with Crippen LogP contribution in [0.25, 0.3) is 23.1 Å². The van der Waals surface area contributed by atoms with Crippen molar-refractivity contribution in [3.63, 3.8) is 0 Å². The van der Waals surface area contributed by atoms with Crippen molar-refractivity contribution in [3.05, 3.63) is 101 Å². The first-order chi connectivity index (χ1) is 15.9. The van der Waals surface area contributed by atoms with E-state index in [0.717, 1.165) is 45.9 Å². The van der Waals surface area contributed by atoms with Gasteiger partial charge in [0.2, 0.25) is 0 Å². The number of aromatic nitrogens is 2. The van der Waals surface area contributed by atoms with E-state index in [0.29, 0.717) is 6.73 Å². The third-order valence-corrected chi connectivity index (χ3v) is 7.38. The van der Waals surface area contributed by atoms with Crippen molar-refractivity contribution >= 4 is 31.1 Å². The average molecular weight is 457 g/mol. The monoisotopic (exact) mass is 456 g/mol. The number of benzene rings is 3. The maximum Gasteiger partial charge on any atom is 0.140 e. The van der Waals surface area contributed by atoms with E-state index in [1.54, 1.807) is 0 Å². The van der Waals surface area contributed by atoms with Crippen molar-refractivity contribution in [2.75, 3.05) is 6.61 Å². The van der Waals surface area contributed by atoms with Gasteiger partial charge < -0.3 is 9.84 Å². The Labute approximate surface area is 197 Å². The zero-order chi connectivity index (χ0) is 23.3. The summed E-state index contributed by atoms with van der Waals surface area (Å²) in [6.45, 7) is 8.18. The molecule has 0 aliphatic heterocycles. The van der Waals surface area contributed by atoms with Crippen molar-refractivity contribution in [1.29, 1.82) is 0 Å². The van der Waals surface area contributed by atoms with E-state index in [9.17, 15) is 5.11 Å². The second kappa shape index (κ2) is 10.3. The molecule has 1 aromatic heterocycles. The van der Waals surface area contributed by atoms with Crippen LogP contribution in [0.1, 0.15) is 28.5 Å². The Kier molecular flexibility index (Phi) is 7.23. The van der Waals surface area contributed by atoms with E-state index >= 15 is 0 Å². The molecule has 0 fully saturated rings. The molecule has 0 aliphatic rings. The minimum Gasteiger partial charge on any atom is -0.384 e. The van der Waals surface area contributed by atoms with Crippen LogP contribution in [-0.2, 0) is 11.5 Å². The number of aliphatic hydroxyl groups excluding tert-OH is 1. The van der Waals surface area contributed by atoms with Gasteiger partial charge in [-0.3, -0.25) is 0 Å². The standard InChI is InChI=1S/C28H32N2O2Si/c1-33(2,3)19-18-32-21-30-27-20-24(28(31)23-12-8-5-9-13-23)15-16-25(27)26(29-30)17-14-22-10-6-4-7-11-22/h4-17,20,28,31H,18-19,21H2,1-3H3/b17-14+. The third kappa shape index (κ3) is 6.08. The van der Waals surface area contributed by atoms with Gasteiger partial charge in [-0.2, -0.15) is 5.10 Å². The van der Waals surface area contributed by atoms with E-state index in [1.807, 2.05) is 77.5 Å². The molecule has 0 radical (unpaired) electrons. The minimum absolute atomic E-state index is 0.394. The van der Waals surface area contributed by atoms with Gasteiger partial charge in [-0.05, 0) is 34.9 Å². The topological polar surface area (TPSA) is 47.3 Å². The Hall–Kier alpha value is -2.99. The number of hydrogen-bond acceptors (Lipinski definition) is 3. The van der Waals surface area contributed by atoms with Crippen LogP contribution in [-0.4, -0.2) is 29.6 Å². The van der Waals surface area contributed by atoms with Crippen LogP contribution >= 0.6 is 0 Å². The molecule has 0 saturated heterocycles. The molecule has 0 amide bonds. The summed E-state index contributed by atoms with van der Waals surface area (Å²) in [6.07, 6.45) is 3.43. The van der Waals surface area contributed by atoms with Crippen molar-refractivity contribution in [2.45, 2.75) is 38.5 Å². The summed E-state index contributed by atoms with van der Waals surface area (Å²) in [7, 11) is -1.15. The molecule has 0 bridgehead atoms. The second-order valence-electron chi connectivity index (χ2n) is 9.57. The number of hydrogen-bond donors (Lipinski definition) is 1. The van der Waals surface area contributed by atoms with E-state index in [2.05, 4.69) is 37.8 Å². The maximum absolute atomic E-state index is 10.9. The highest BCUT2D eigenvalue weighted by atomic mass is 28.3. The largest absolute Gasteiger partial charge is 0.384 e. The van der Waals surface area contributed by atoms with E-state index in [1.165, 1.54) is 0 Å². The predicted molar refractivity (Wildman–Crippen MR) is 140 cm³/mol. The smallest absolute Gasteiger partial charge is 0.140 e. The Balaban J connectivity index is 1.65. The summed E-state index contributed by atoms with van der Waals surface area (Å²) in [4.78, 5) is 0. The first-order valence-electron chi connectivity index (χ1n) is 11.4. The van der Waals surface area contributed by atoms with Gasteiger partial charge in [-0.25, -0.2) is 4.68 Å². The molecule has 1 unspecified atom stereocenters. The number of aliphatic hydroxyl groups is 1. The van der Waals surface area contributed by atoms with Crippen LogP contribution in [0.4, 0.5) is 0 Å². The highest BCUT2D eigenvalue weighted by molar-refractivity contribution is 6.76. The number of nitrogens with zero attached hydrogens (tertiary/aromatic N) is 2. The molecule has 1 heterocycles. The molecule has 170 valence electrons. The van der Waals surface area contributed by atoms with Gasteiger partial charge in [0, 0.05) is 20.1 Å². The number of fused-ring (bicyclic) bond motifs is 1. The van der Waals surface area contributed by atoms with Crippen LogP contribution in [0.3, 0.4) is 0 Å². The summed E-state index contributed by atoms with van der Waals surface area (Å²) in [5, 5.41) is 16.8. The van der Waals surface area contributed by atoms with Crippen LogP contribution in [0, 0.1) is 0 Å². The van der Waals surface area contributed by atoms with Crippen LogP contribution < -0.4 is 0 Å². The van der Waals surface area contributed by atoms with Gasteiger partial charge in [-0.1, -0.05) is 98.5 Å². The number of rotatable bonds is 9. The Morgan fingerprint density at radius 2 is 1.61 bits per heavy atom. The maximum atomic E-state index is 10.9. The molecule has 0 spiro atoms. The Morgan fingerprint density at radius 1 is 0.909 bits per heavy atom.